The molecule has 4 nitrogen and oxygen atoms in total. The smallest absolute Gasteiger partial charge is 0.305 e. The number of nitrogens with one attached hydrogen (secondary N) is 1. The van der Waals surface area contributed by atoms with Gasteiger partial charge < -0.3 is 10.4 Å². The summed E-state index contributed by atoms with van der Waals surface area (Å²) in [6.45, 7) is 0. The fourth-order valence-corrected chi connectivity index (χ4v) is 2.61. The number of amides is 1. The summed E-state index contributed by atoms with van der Waals surface area (Å²) in [6, 6.07) is 4.79. The first-order chi connectivity index (χ1) is 8.93. The van der Waals surface area contributed by atoms with E-state index in [1.807, 2.05) is 0 Å². The molecule has 1 saturated carbocycles. The zero-order valence-electron chi connectivity index (χ0n) is 10.1. The number of carbonyl (C=O) groups is 2. The molecule has 2 N–H and O–H groups in total. The Morgan fingerprint density at radius 1 is 1.32 bits per heavy atom. The molecule has 1 aromatic rings. The largest absolute Gasteiger partial charge is 0.481 e. The Kier molecular flexibility index (Phi) is 4.02. The molecule has 0 spiro atoms. The number of hydrogen-bond acceptors (Lipinski definition) is 2. The summed E-state index contributed by atoms with van der Waals surface area (Å²) in [5, 5.41) is 12.2. The van der Waals surface area contributed by atoms with Gasteiger partial charge in [0.2, 0.25) is 0 Å². The van der Waals surface area contributed by atoms with Crippen molar-refractivity contribution in [3.05, 3.63) is 33.8 Å². The van der Waals surface area contributed by atoms with E-state index in [2.05, 4.69) is 5.32 Å². The van der Waals surface area contributed by atoms with Crippen LogP contribution in [-0.4, -0.2) is 22.5 Å². The molecule has 0 saturated heterocycles. The van der Waals surface area contributed by atoms with E-state index >= 15 is 0 Å². The number of aliphatic carboxylic acids is 1. The van der Waals surface area contributed by atoms with Crippen LogP contribution in [0.2, 0.25) is 10.0 Å². The molecule has 1 aromatic carbocycles. The number of carboxylic acid groups (broad SMARTS) is 1. The minimum absolute atomic E-state index is 0.0725. The summed E-state index contributed by atoms with van der Waals surface area (Å²) in [5.74, 6) is -1.30. The van der Waals surface area contributed by atoms with Crippen LogP contribution in [0, 0.1) is 0 Å². The zero-order valence-corrected chi connectivity index (χ0v) is 11.6. The van der Waals surface area contributed by atoms with Crippen LogP contribution in [0.15, 0.2) is 18.2 Å². The van der Waals surface area contributed by atoms with Gasteiger partial charge in [-0.05, 0) is 31.4 Å². The number of halogens is 2. The van der Waals surface area contributed by atoms with Crippen LogP contribution in [0.3, 0.4) is 0 Å². The molecule has 19 heavy (non-hydrogen) atoms. The summed E-state index contributed by atoms with van der Waals surface area (Å²) in [6.07, 6.45) is 2.18. The third-order valence-electron chi connectivity index (χ3n) is 3.38. The second-order valence-electron chi connectivity index (χ2n) is 4.76. The monoisotopic (exact) mass is 301 g/mol. The first-order valence-electron chi connectivity index (χ1n) is 5.92. The number of hydrogen-bond donors (Lipinski definition) is 2. The third kappa shape index (κ3) is 3.01. The lowest BCUT2D eigenvalue weighted by molar-refractivity contribution is -0.139. The minimum Gasteiger partial charge on any atom is -0.481 e. The third-order valence-corrected chi connectivity index (χ3v) is 4.19. The lowest BCUT2D eigenvalue weighted by atomic mass is 9.74. The molecule has 6 heteroatoms. The Balaban J connectivity index is 2.16. The molecule has 1 amide bonds. The van der Waals surface area contributed by atoms with Crippen molar-refractivity contribution in [3.63, 3.8) is 0 Å². The van der Waals surface area contributed by atoms with Crippen molar-refractivity contribution in [2.75, 3.05) is 0 Å². The first-order valence-corrected chi connectivity index (χ1v) is 6.67. The fourth-order valence-electron chi connectivity index (χ4n) is 2.23. The maximum atomic E-state index is 12.2. The van der Waals surface area contributed by atoms with E-state index in [0.29, 0.717) is 17.9 Å². The van der Waals surface area contributed by atoms with Crippen LogP contribution in [0.5, 0.6) is 0 Å². The molecule has 2 rings (SSSR count). The molecule has 1 aliphatic carbocycles. The van der Waals surface area contributed by atoms with E-state index in [9.17, 15) is 9.59 Å². The van der Waals surface area contributed by atoms with Gasteiger partial charge in [-0.25, -0.2) is 0 Å². The highest BCUT2D eigenvalue weighted by Crippen LogP contribution is 2.36. The van der Waals surface area contributed by atoms with Crippen molar-refractivity contribution in [2.45, 2.75) is 31.2 Å². The molecule has 0 atom stereocenters. The van der Waals surface area contributed by atoms with Crippen LogP contribution < -0.4 is 5.32 Å². The van der Waals surface area contributed by atoms with E-state index in [-0.39, 0.29) is 22.9 Å². The summed E-state index contributed by atoms with van der Waals surface area (Å²) >= 11 is 11.8. The molecule has 0 aromatic heterocycles. The first kappa shape index (κ1) is 14.2. The van der Waals surface area contributed by atoms with Gasteiger partial charge in [0.1, 0.15) is 0 Å². The molecule has 0 aliphatic heterocycles. The van der Waals surface area contributed by atoms with E-state index in [4.69, 9.17) is 28.3 Å². The number of rotatable bonds is 4. The van der Waals surface area contributed by atoms with Gasteiger partial charge in [0.15, 0.2) is 0 Å². The van der Waals surface area contributed by atoms with Crippen molar-refractivity contribution in [3.8, 4) is 0 Å². The highest BCUT2D eigenvalue weighted by molar-refractivity contribution is 6.43. The van der Waals surface area contributed by atoms with E-state index in [1.54, 1.807) is 18.2 Å². The standard InChI is InChI=1S/C13H13Cl2NO3/c14-9-4-1-3-8(11(9)15)12(19)16-13(5-2-6-13)7-10(17)18/h1,3-4H,2,5-7H2,(H,16,19)(H,17,18). The fraction of sp³-hybridized carbons (Fsp3) is 0.385. The van der Waals surface area contributed by atoms with Crippen LogP contribution in [-0.2, 0) is 4.79 Å². The molecule has 0 heterocycles. The summed E-state index contributed by atoms with van der Waals surface area (Å²) in [4.78, 5) is 23.0. The van der Waals surface area contributed by atoms with Crippen molar-refractivity contribution < 1.29 is 14.7 Å². The topological polar surface area (TPSA) is 66.4 Å². The van der Waals surface area contributed by atoms with Crippen molar-refractivity contribution in [2.24, 2.45) is 0 Å². The SMILES string of the molecule is O=C(O)CC1(NC(=O)c2cccc(Cl)c2Cl)CCC1. The van der Waals surface area contributed by atoms with Crippen molar-refractivity contribution in [1.82, 2.24) is 5.32 Å². The van der Waals surface area contributed by atoms with Gasteiger partial charge in [0.25, 0.3) is 5.91 Å². The Bertz CT molecular complexity index is 527. The lowest BCUT2D eigenvalue weighted by Crippen LogP contribution is -2.54. The van der Waals surface area contributed by atoms with Crippen LogP contribution in [0.4, 0.5) is 0 Å². The Morgan fingerprint density at radius 3 is 2.53 bits per heavy atom. The summed E-state index contributed by atoms with van der Waals surface area (Å²) in [7, 11) is 0. The minimum atomic E-state index is -0.919. The van der Waals surface area contributed by atoms with E-state index in [0.717, 1.165) is 6.42 Å². The normalized spacial score (nSPS) is 16.5. The van der Waals surface area contributed by atoms with Gasteiger partial charge in [0.05, 0.1) is 27.6 Å². The van der Waals surface area contributed by atoms with Gasteiger partial charge >= 0.3 is 5.97 Å². The highest BCUT2D eigenvalue weighted by atomic mass is 35.5. The zero-order chi connectivity index (χ0) is 14.0. The average Bonchev–Trinajstić information content (AvgIpc) is 2.29. The van der Waals surface area contributed by atoms with Gasteiger partial charge in [-0.3, -0.25) is 9.59 Å². The number of carbonyl (C=O) groups excluding carboxylic acids is 1. The van der Waals surface area contributed by atoms with Gasteiger partial charge in [-0.15, -0.1) is 0 Å². The van der Waals surface area contributed by atoms with Gasteiger partial charge in [0, 0.05) is 0 Å². The number of carboxylic acids is 1. The van der Waals surface area contributed by atoms with E-state index < -0.39 is 11.5 Å². The number of benzene rings is 1. The van der Waals surface area contributed by atoms with Crippen molar-refractivity contribution >= 4 is 35.1 Å². The molecule has 1 aliphatic rings. The van der Waals surface area contributed by atoms with Crippen molar-refractivity contribution in [1.29, 1.82) is 0 Å². The molecule has 0 radical (unpaired) electrons. The maximum Gasteiger partial charge on any atom is 0.305 e. The molecular weight excluding hydrogens is 289 g/mol. The second kappa shape index (κ2) is 5.39. The Morgan fingerprint density at radius 2 is 2.00 bits per heavy atom. The average molecular weight is 302 g/mol. The Hall–Kier alpha value is -1.26. The molecular formula is C13H13Cl2NO3. The Labute approximate surface area is 120 Å². The van der Waals surface area contributed by atoms with Gasteiger partial charge in [-0.1, -0.05) is 29.3 Å². The quantitative estimate of drug-likeness (QED) is 0.898. The molecule has 0 unspecified atom stereocenters. The molecule has 0 bridgehead atoms. The predicted molar refractivity (Wildman–Crippen MR) is 72.8 cm³/mol. The van der Waals surface area contributed by atoms with Gasteiger partial charge in [-0.2, -0.15) is 0 Å². The molecule has 1 fully saturated rings. The van der Waals surface area contributed by atoms with E-state index in [1.165, 1.54) is 0 Å². The second-order valence-corrected chi connectivity index (χ2v) is 5.55. The highest BCUT2D eigenvalue weighted by Gasteiger charge is 2.40. The molecule has 102 valence electrons. The van der Waals surface area contributed by atoms with Crippen LogP contribution in [0.25, 0.3) is 0 Å². The predicted octanol–water partition coefficient (Wildman–Crippen LogP) is 3.12. The summed E-state index contributed by atoms with van der Waals surface area (Å²) < 4.78 is 0. The maximum absolute atomic E-state index is 12.2. The lowest BCUT2D eigenvalue weighted by Gasteiger charge is -2.41. The van der Waals surface area contributed by atoms with Crippen LogP contribution >= 0.6 is 23.2 Å². The summed E-state index contributed by atoms with van der Waals surface area (Å²) in [5.41, 5.74) is -0.375. The van der Waals surface area contributed by atoms with Crippen LogP contribution in [0.1, 0.15) is 36.0 Å².